The number of anilines is 1. The van der Waals surface area contributed by atoms with Crippen LogP contribution in [-0.4, -0.2) is 53.8 Å². The zero-order chi connectivity index (χ0) is 22.9. The molecule has 0 spiro atoms. The number of amides is 1. The Kier molecular flexibility index (Phi) is 6.85. The molecule has 4 rings (SSSR count). The molecular formula is C22H26N4O3S3. The summed E-state index contributed by atoms with van der Waals surface area (Å²) in [5.74, 6) is 2.98. The Morgan fingerprint density at radius 2 is 1.94 bits per heavy atom. The number of benzene rings is 2. The number of imidazole rings is 1. The Morgan fingerprint density at radius 1 is 1.19 bits per heavy atom. The largest absolute Gasteiger partial charge is 0.331 e. The Hall–Kier alpha value is -2.01. The van der Waals surface area contributed by atoms with Crippen molar-refractivity contribution in [1.29, 1.82) is 0 Å². The maximum Gasteiger partial charge on any atom is 0.242 e. The van der Waals surface area contributed by atoms with Crippen molar-refractivity contribution in [1.82, 2.24) is 13.9 Å². The van der Waals surface area contributed by atoms with Gasteiger partial charge >= 0.3 is 0 Å². The van der Waals surface area contributed by atoms with Crippen LogP contribution in [0.1, 0.15) is 22.4 Å². The highest BCUT2D eigenvalue weighted by Gasteiger charge is 2.20. The first-order valence-electron chi connectivity index (χ1n) is 10.3. The highest BCUT2D eigenvalue weighted by Crippen LogP contribution is 2.45. The van der Waals surface area contributed by atoms with E-state index in [-0.39, 0.29) is 17.2 Å². The maximum absolute atomic E-state index is 12.6. The van der Waals surface area contributed by atoms with Gasteiger partial charge in [-0.25, -0.2) is 17.7 Å². The van der Waals surface area contributed by atoms with E-state index >= 15 is 0 Å². The van der Waals surface area contributed by atoms with Crippen LogP contribution in [0.15, 0.2) is 47.4 Å². The molecule has 0 unspecified atom stereocenters. The fraction of sp³-hybridized carbons (Fsp3) is 0.364. The van der Waals surface area contributed by atoms with Gasteiger partial charge in [-0.15, -0.1) is 23.5 Å². The third kappa shape index (κ3) is 4.83. The van der Waals surface area contributed by atoms with Crippen LogP contribution in [0.2, 0.25) is 0 Å². The Bertz CT molecular complexity index is 1250. The van der Waals surface area contributed by atoms with Gasteiger partial charge in [0.05, 0.1) is 20.5 Å². The molecule has 1 saturated heterocycles. The number of hydrogen-bond donors (Lipinski definition) is 1. The zero-order valence-corrected chi connectivity index (χ0v) is 20.7. The molecule has 10 heteroatoms. The lowest BCUT2D eigenvalue weighted by Gasteiger charge is -2.11. The molecule has 0 radical (unpaired) electrons. The van der Waals surface area contributed by atoms with Crippen LogP contribution in [0.4, 0.5) is 5.69 Å². The van der Waals surface area contributed by atoms with Crippen molar-refractivity contribution >= 4 is 56.2 Å². The predicted octanol–water partition coefficient (Wildman–Crippen LogP) is 3.87. The van der Waals surface area contributed by atoms with Crippen LogP contribution in [0.25, 0.3) is 11.0 Å². The molecule has 1 fully saturated rings. The highest BCUT2D eigenvalue weighted by atomic mass is 32.2. The Morgan fingerprint density at radius 3 is 2.66 bits per heavy atom. The van der Waals surface area contributed by atoms with Crippen LogP contribution in [0, 0.1) is 0 Å². The smallest absolute Gasteiger partial charge is 0.242 e. The van der Waals surface area contributed by atoms with Crippen LogP contribution < -0.4 is 5.32 Å². The topological polar surface area (TPSA) is 84.3 Å². The van der Waals surface area contributed by atoms with E-state index in [4.69, 9.17) is 0 Å². The summed E-state index contributed by atoms with van der Waals surface area (Å²) in [7, 11) is 1.36. The predicted molar refractivity (Wildman–Crippen MR) is 133 cm³/mol. The van der Waals surface area contributed by atoms with Crippen molar-refractivity contribution in [3.8, 4) is 0 Å². The summed E-state index contributed by atoms with van der Waals surface area (Å²) < 4.78 is 28.3. The molecular weight excluding hydrogens is 464 g/mol. The minimum absolute atomic E-state index is 0.0724. The van der Waals surface area contributed by atoms with E-state index in [0.29, 0.717) is 16.5 Å². The molecule has 2 heterocycles. The number of nitrogens with one attached hydrogen (secondary N) is 1. The molecule has 1 aromatic heterocycles. The van der Waals surface area contributed by atoms with E-state index in [1.807, 2.05) is 47.3 Å². The second-order valence-corrected chi connectivity index (χ2v) is 12.6. The van der Waals surface area contributed by atoms with E-state index in [0.717, 1.165) is 28.5 Å². The molecule has 1 amide bonds. The minimum atomic E-state index is -3.53. The molecule has 1 aliphatic heterocycles. The lowest BCUT2D eigenvalue weighted by atomic mass is 10.2. The van der Waals surface area contributed by atoms with Gasteiger partial charge < -0.3 is 9.88 Å². The van der Waals surface area contributed by atoms with Gasteiger partial charge in [0.2, 0.25) is 15.9 Å². The minimum Gasteiger partial charge on any atom is -0.331 e. The van der Waals surface area contributed by atoms with Crippen molar-refractivity contribution in [2.45, 2.75) is 22.3 Å². The van der Waals surface area contributed by atoms with Gasteiger partial charge in [-0.3, -0.25) is 4.79 Å². The van der Waals surface area contributed by atoms with E-state index in [2.05, 4.69) is 22.4 Å². The van der Waals surface area contributed by atoms with E-state index in [9.17, 15) is 13.2 Å². The third-order valence-corrected chi connectivity index (χ3v) is 10.3. The average molecular weight is 491 g/mol. The van der Waals surface area contributed by atoms with Gasteiger partial charge in [0, 0.05) is 51.2 Å². The van der Waals surface area contributed by atoms with E-state index < -0.39 is 10.0 Å². The van der Waals surface area contributed by atoms with Crippen molar-refractivity contribution in [2.24, 2.45) is 7.05 Å². The number of aryl methyl sites for hydroxylation is 2. The number of hydrogen-bond acceptors (Lipinski definition) is 6. The van der Waals surface area contributed by atoms with Gasteiger partial charge in [-0.05, 0) is 35.9 Å². The van der Waals surface area contributed by atoms with Crippen molar-refractivity contribution in [3.05, 3.63) is 53.9 Å². The molecule has 32 heavy (non-hydrogen) atoms. The molecule has 0 bridgehead atoms. The number of carbonyl (C=O) groups excluding carboxylic acids is 1. The highest BCUT2D eigenvalue weighted by molar-refractivity contribution is 8.19. The summed E-state index contributed by atoms with van der Waals surface area (Å²) in [6.45, 7) is 0. The van der Waals surface area contributed by atoms with E-state index in [1.165, 1.54) is 24.0 Å². The average Bonchev–Trinajstić information content (AvgIpc) is 3.41. The van der Waals surface area contributed by atoms with Crippen molar-refractivity contribution < 1.29 is 13.2 Å². The second-order valence-electron chi connectivity index (χ2n) is 7.77. The molecule has 3 aromatic rings. The quantitative estimate of drug-likeness (QED) is 0.541. The van der Waals surface area contributed by atoms with E-state index in [1.54, 1.807) is 18.2 Å². The van der Waals surface area contributed by atoms with Crippen LogP contribution in [0.3, 0.4) is 0 Å². The van der Waals surface area contributed by atoms with Gasteiger partial charge in [0.15, 0.2) is 0 Å². The fourth-order valence-corrected chi connectivity index (χ4v) is 7.35. The molecule has 7 nitrogen and oxygen atoms in total. The first-order valence-corrected chi connectivity index (χ1v) is 13.8. The summed E-state index contributed by atoms with van der Waals surface area (Å²) >= 11 is 3.87. The first-order chi connectivity index (χ1) is 15.3. The lowest BCUT2D eigenvalue weighted by Crippen LogP contribution is -2.22. The number of nitrogens with zero attached hydrogens (tertiary/aromatic N) is 3. The second kappa shape index (κ2) is 9.46. The summed E-state index contributed by atoms with van der Waals surface area (Å²) in [6, 6.07) is 13.0. The van der Waals surface area contributed by atoms with Crippen molar-refractivity contribution in [2.75, 3.05) is 30.9 Å². The normalized spacial score (nSPS) is 15.0. The molecule has 0 atom stereocenters. The molecule has 1 aliphatic rings. The third-order valence-electron chi connectivity index (χ3n) is 5.36. The van der Waals surface area contributed by atoms with Crippen LogP contribution in [-0.2, 0) is 28.3 Å². The Balaban J connectivity index is 1.44. The monoisotopic (exact) mass is 490 g/mol. The summed E-state index contributed by atoms with van der Waals surface area (Å²) in [5.41, 5.74) is 3.47. The van der Waals surface area contributed by atoms with Crippen LogP contribution >= 0.6 is 23.5 Å². The van der Waals surface area contributed by atoms with Gasteiger partial charge in [0.1, 0.15) is 5.82 Å². The number of fused-ring (bicyclic) bond motifs is 1. The van der Waals surface area contributed by atoms with Gasteiger partial charge in [-0.2, -0.15) is 0 Å². The summed E-state index contributed by atoms with van der Waals surface area (Å²) in [5, 5.41) is 2.99. The number of aromatic nitrogens is 2. The van der Waals surface area contributed by atoms with Gasteiger partial charge in [-0.1, -0.05) is 12.1 Å². The van der Waals surface area contributed by atoms with Crippen molar-refractivity contribution in [3.63, 3.8) is 0 Å². The molecule has 0 aliphatic carbocycles. The summed E-state index contributed by atoms with van der Waals surface area (Å²) in [6.07, 6.45) is 0.748. The Labute approximate surface area is 197 Å². The molecule has 2 aromatic carbocycles. The lowest BCUT2D eigenvalue weighted by molar-refractivity contribution is -0.116. The molecule has 1 N–H and O–H groups in total. The number of sulfonamides is 1. The van der Waals surface area contributed by atoms with Gasteiger partial charge in [0.25, 0.3) is 0 Å². The fourth-order valence-electron chi connectivity index (χ4n) is 3.59. The maximum atomic E-state index is 12.6. The molecule has 170 valence electrons. The number of carbonyl (C=O) groups is 1. The standard InChI is InChI=1S/C22H26N4O3S3/c1-25(2)32(28,29)17-7-8-19-18(14-17)24-20(26(19)3)9-10-21(27)23-16-6-4-5-15(13-16)22-30-11-12-31-22/h4-8,13-14,22H,9-12H2,1-3H3,(H,23,27). The number of rotatable bonds is 7. The first kappa shape index (κ1) is 23.2. The summed E-state index contributed by atoms with van der Waals surface area (Å²) in [4.78, 5) is 17.4. The van der Waals surface area contributed by atoms with Crippen LogP contribution in [0.5, 0.6) is 0 Å². The molecule has 0 saturated carbocycles. The SMILES string of the molecule is CN(C)S(=O)(=O)c1ccc2c(c1)nc(CCC(=O)Nc1cccc(C3SCCS3)c1)n2C. The zero-order valence-electron chi connectivity index (χ0n) is 18.2. The number of thioether (sulfide) groups is 2.